The maximum atomic E-state index is 13.0. The molecule has 1 N–H and O–H groups in total. The molecule has 4 nitrogen and oxygen atoms in total. The first kappa shape index (κ1) is 25.1. The van der Waals surface area contributed by atoms with Crippen molar-refractivity contribution in [1.82, 2.24) is 0 Å². The smallest absolute Gasteiger partial charge is 0.373 e. The first-order chi connectivity index (χ1) is 13.2. The number of halogens is 3. The van der Waals surface area contributed by atoms with Gasteiger partial charge < -0.3 is 5.11 Å². The Balaban J connectivity index is 2.50. The molecule has 0 bridgehead atoms. The van der Waals surface area contributed by atoms with E-state index in [0.717, 1.165) is 25.7 Å². The topological polar surface area (TPSA) is 57.6 Å². The lowest BCUT2D eigenvalue weighted by molar-refractivity contribution is -0.0450. The van der Waals surface area contributed by atoms with Gasteiger partial charge in [0.25, 0.3) is 0 Å². The molecule has 162 valence electrons. The maximum Gasteiger partial charge on any atom is 0.516 e. The Labute approximate surface area is 170 Å². The van der Waals surface area contributed by atoms with Gasteiger partial charge in [0.15, 0.2) is 0 Å². The van der Waals surface area contributed by atoms with Crippen LogP contribution in [0.3, 0.4) is 0 Å². The number of rotatable bonds is 14. The lowest BCUT2D eigenvalue weighted by Gasteiger charge is -2.29. The number of hydrogen-bond acceptors (Lipinski definition) is 4. The number of benzene rings is 1. The van der Waals surface area contributed by atoms with Crippen LogP contribution in [0.5, 0.6) is 0 Å². The lowest BCUT2D eigenvalue weighted by Crippen LogP contribution is -2.47. The second kappa shape index (κ2) is 12.6. The molecular weight excluding hydrogens is 411 g/mol. The van der Waals surface area contributed by atoms with E-state index < -0.39 is 21.8 Å². The summed E-state index contributed by atoms with van der Waals surface area (Å²) < 4.78 is 63.0. The van der Waals surface area contributed by atoms with Gasteiger partial charge in [-0.3, -0.25) is 0 Å². The van der Waals surface area contributed by atoms with Crippen LogP contribution in [0.1, 0.15) is 57.8 Å². The van der Waals surface area contributed by atoms with Crippen LogP contribution in [0.25, 0.3) is 0 Å². The molecule has 0 saturated heterocycles. The van der Waals surface area contributed by atoms with E-state index in [1.54, 1.807) is 6.07 Å². The maximum absolute atomic E-state index is 13.0. The van der Waals surface area contributed by atoms with Crippen LogP contribution in [0, 0.1) is 0 Å². The van der Waals surface area contributed by atoms with Gasteiger partial charge in [-0.25, -0.2) is 4.31 Å². The quantitative estimate of drug-likeness (QED) is 0.304. The number of anilines is 1. The molecule has 1 atom stereocenters. The number of hydrogen-bond donors (Lipinski definition) is 1. The summed E-state index contributed by atoms with van der Waals surface area (Å²) in [5.41, 5.74) is -5.67. The van der Waals surface area contributed by atoms with Crippen molar-refractivity contribution >= 4 is 27.5 Å². The summed E-state index contributed by atoms with van der Waals surface area (Å²) in [5, 5.41) is 10.2. The number of thioether (sulfide) groups is 1. The van der Waals surface area contributed by atoms with Crippen molar-refractivity contribution in [3.63, 3.8) is 0 Å². The Morgan fingerprint density at radius 3 is 1.96 bits per heavy atom. The van der Waals surface area contributed by atoms with E-state index in [0.29, 0.717) is 6.42 Å². The third-order valence-corrected chi connectivity index (χ3v) is 6.65. The van der Waals surface area contributed by atoms with E-state index in [1.165, 1.54) is 49.3 Å². The van der Waals surface area contributed by atoms with Gasteiger partial charge >= 0.3 is 15.5 Å². The van der Waals surface area contributed by atoms with Crippen LogP contribution >= 0.6 is 11.8 Å². The molecule has 1 unspecified atom stereocenters. The lowest BCUT2D eigenvalue weighted by atomic mass is 10.1. The highest BCUT2D eigenvalue weighted by Gasteiger charge is 2.52. The fourth-order valence-electron chi connectivity index (χ4n) is 2.91. The molecule has 1 rings (SSSR count). The molecule has 0 aliphatic heterocycles. The average molecular weight is 442 g/mol. The minimum absolute atomic E-state index is 0.0437. The second-order valence-corrected chi connectivity index (χ2v) is 9.46. The van der Waals surface area contributed by atoms with Crippen LogP contribution in [-0.4, -0.2) is 37.3 Å². The summed E-state index contributed by atoms with van der Waals surface area (Å²) >= 11 is 1.84. The zero-order valence-corrected chi connectivity index (χ0v) is 17.8. The zero-order chi connectivity index (χ0) is 21.0. The molecule has 0 aliphatic carbocycles. The monoisotopic (exact) mass is 441 g/mol. The van der Waals surface area contributed by atoms with Crippen molar-refractivity contribution in [2.24, 2.45) is 0 Å². The minimum atomic E-state index is -5.67. The fourth-order valence-corrected chi connectivity index (χ4v) is 4.45. The Bertz CT molecular complexity index is 640. The number of alkyl halides is 3. The number of nitrogens with zero attached hydrogens (tertiary/aromatic N) is 1. The van der Waals surface area contributed by atoms with Crippen molar-refractivity contribution in [3.8, 4) is 0 Å². The van der Waals surface area contributed by atoms with Crippen LogP contribution in [0.4, 0.5) is 18.9 Å². The summed E-state index contributed by atoms with van der Waals surface area (Å²) in [5.74, 6) is 1.18. The predicted octanol–water partition coefficient (Wildman–Crippen LogP) is 5.53. The van der Waals surface area contributed by atoms with Gasteiger partial charge in [0.2, 0.25) is 0 Å². The number of sulfonamides is 1. The highest BCUT2D eigenvalue weighted by atomic mass is 32.2. The van der Waals surface area contributed by atoms with Crippen LogP contribution in [-0.2, 0) is 10.0 Å². The molecule has 0 spiro atoms. The summed E-state index contributed by atoms with van der Waals surface area (Å²) in [7, 11) is -5.67. The Morgan fingerprint density at radius 2 is 1.46 bits per heavy atom. The molecule has 28 heavy (non-hydrogen) atoms. The molecule has 0 radical (unpaired) electrons. The van der Waals surface area contributed by atoms with Crippen molar-refractivity contribution in [3.05, 3.63) is 30.3 Å². The predicted molar refractivity (Wildman–Crippen MR) is 110 cm³/mol. The van der Waals surface area contributed by atoms with Crippen molar-refractivity contribution in [2.75, 3.05) is 16.3 Å². The number of unbranched alkanes of at least 4 members (excludes halogenated alkanes) is 7. The van der Waals surface area contributed by atoms with Gasteiger partial charge in [0.05, 0.1) is 5.69 Å². The highest BCUT2D eigenvalue weighted by molar-refractivity contribution is 7.98. The molecule has 0 amide bonds. The molecule has 0 saturated carbocycles. The molecule has 0 heterocycles. The molecular formula is C19H30F3NO3S2. The summed E-state index contributed by atoms with van der Waals surface area (Å²) in [6.07, 6.45) is 8.19. The molecule has 1 aromatic carbocycles. The summed E-state index contributed by atoms with van der Waals surface area (Å²) in [6.45, 7) is 0. The van der Waals surface area contributed by atoms with Gasteiger partial charge in [-0.1, -0.05) is 56.7 Å². The van der Waals surface area contributed by atoms with Gasteiger partial charge in [0, 0.05) is 0 Å². The van der Waals surface area contributed by atoms with Gasteiger partial charge in [-0.05, 0) is 43.4 Å². The number of para-hydroxylation sites is 1. The average Bonchev–Trinajstić information content (AvgIpc) is 2.63. The molecule has 1 aromatic rings. The number of aliphatic hydroxyl groups excluding tert-OH is 1. The minimum Gasteiger partial charge on any atom is -0.373 e. The standard InChI is InChI=1S/C19H30F3NO3S2/c1-27-16-12-7-5-3-2-4-6-11-15-18(24)23(17-13-9-8-10-14-17)28(25,26)19(20,21)22/h8-10,13-14,18,24H,2-7,11-12,15-16H2,1H3. The second-order valence-electron chi connectivity index (χ2n) is 6.67. The van der Waals surface area contributed by atoms with Crippen LogP contribution in [0.2, 0.25) is 0 Å². The van der Waals surface area contributed by atoms with Gasteiger partial charge in [0.1, 0.15) is 6.23 Å². The largest absolute Gasteiger partial charge is 0.516 e. The van der Waals surface area contributed by atoms with E-state index in [-0.39, 0.29) is 16.4 Å². The third kappa shape index (κ3) is 8.21. The Kier molecular flexibility index (Phi) is 11.3. The van der Waals surface area contributed by atoms with Crippen LogP contribution < -0.4 is 4.31 Å². The number of aliphatic hydroxyl groups is 1. The normalized spacial score (nSPS) is 13.5. The first-order valence-electron chi connectivity index (χ1n) is 9.54. The van der Waals surface area contributed by atoms with Crippen LogP contribution in [0.15, 0.2) is 30.3 Å². The molecule has 0 aromatic heterocycles. The van der Waals surface area contributed by atoms with E-state index in [1.807, 2.05) is 11.8 Å². The molecule has 9 heteroatoms. The van der Waals surface area contributed by atoms with Crippen molar-refractivity contribution in [2.45, 2.75) is 69.5 Å². The van der Waals surface area contributed by atoms with E-state index in [9.17, 15) is 26.7 Å². The van der Waals surface area contributed by atoms with Gasteiger partial charge in [-0.15, -0.1) is 0 Å². The molecule has 0 fully saturated rings. The zero-order valence-electron chi connectivity index (χ0n) is 16.2. The van der Waals surface area contributed by atoms with E-state index in [4.69, 9.17) is 0 Å². The fraction of sp³-hybridized carbons (Fsp3) is 0.684. The van der Waals surface area contributed by atoms with Crippen molar-refractivity contribution < 1.29 is 26.7 Å². The Hall–Kier alpha value is -0.930. The Morgan fingerprint density at radius 1 is 0.964 bits per heavy atom. The van der Waals surface area contributed by atoms with E-state index >= 15 is 0 Å². The molecule has 0 aliphatic rings. The van der Waals surface area contributed by atoms with Crippen molar-refractivity contribution in [1.29, 1.82) is 0 Å². The first-order valence-corrected chi connectivity index (χ1v) is 12.4. The SMILES string of the molecule is CSCCCCCCCCCCC(O)N(c1ccccc1)S(=O)(=O)C(F)(F)F. The summed E-state index contributed by atoms with van der Waals surface area (Å²) in [6, 6.07) is 6.91. The summed E-state index contributed by atoms with van der Waals surface area (Å²) in [4.78, 5) is 0. The third-order valence-electron chi connectivity index (χ3n) is 4.39. The highest BCUT2D eigenvalue weighted by Crippen LogP contribution is 2.33. The van der Waals surface area contributed by atoms with E-state index in [2.05, 4.69) is 6.26 Å². The van der Waals surface area contributed by atoms with Gasteiger partial charge in [-0.2, -0.15) is 33.4 Å².